The number of nitrogens with one attached hydrogen (secondary N) is 1. The fourth-order valence-corrected chi connectivity index (χ4v) is 5.31. The van der Waals surface area contributed by atoms with Gasteiger partial charge in [0, 0.05) is 37.7 Å². The number of hydrogen-bond acceptors (Lipinski definition) is 5. The first-order chi connectivity index (χ1) is 12.5. The third-order valence-corrected chi connectivity index (χ3v) is 7.51. The van der Waals surface area contributed by atoms with Crippen molar-refractivity contribution in [3.63, 3.8) is 0 Å². The summed E-state index contributed by atoms with van der Waals surface area (Å²) in [5.41, 5.74) is 3.26. The molecule has 1 N–H and O–H groups in total. The number of nitrogens with zero attached hydrogens (tertiary/aromatic N) is 3. The van der Waals surface area contributed by atoms with Gasteiger partial charge in [-0.25, -0.2) is 22.7 Å². The van der Waals surface area contributed by atoms with Gasteiger partial charge in [0.2, 0.25) is 10.0 Å². The molecule has 1 aliphatic carbocycles. The van der Waals surface area contributed by atoms with Gasteiger partial charge < -0.3 is 5.32 Å². The molecule has 0 spiro atoms. The van der Waals surface area contributed by atoms with E-state index in [2.05, 4.69) is 15.3 Å². The molecule has 0 radical (unpaired) electrons. The van der Waals surface area contributed by atoms with Crippen LogP contribution in [0.25, 0.3) is 0 Å². The lowest BCUT2D eigenvalue weighted by Crippen LogP contribution is -2.34. The Morgan fingerprint density at radius 1 is 1.12 bits per heavy atom. The van der Waals surface area contributed by atoms with Crippen LogP contribution in [-0.4, -0.2) is 36.8 Å². The quantitative estimate of drug-likeness (QED) is 0.896. The molecule has 7 heteroatoms. The number of sulfonamides is 1. The van der Waals surface area contributed by atoms with Crippen LogP contribution in [-0.2, 0) is 10.0 Å². The van der Waals surface area contributed by atoms with Crippen molar-refractivity contribution >= 4 is 15.7 Å². The molecule has 1 aromatic heterocycles. The summed E-state index contributed by atoms with van der Waals surface area (Å²) in [4.78, 5) is 8.74. The average molecular weight is 372 g/mol. The van der Waals surface area contributed by atoms with E-state index in [1.54, 1.807) is 26.5 Å². The standard InChI is InChI=1S/C19H24N4O2S/c1-23(2)26(24,25)14-7-8-18-17(9-14)15-5-3-4-6-16(15)19(22-18)13-10-20-12-21-11-13/h7-12,15-16,19,22H,3-6H2,1-2H3. The molecule has 26 heavy (non-hydrogen) atoms. The molecule has 0 saturated heterocycles. The van der Waals surface area contributed by atoms with Crippen LogP contribution in [0.15, 0.2) is 41.8 Å². The molecular formula is C19H24N4O2S. The average Bonchev–Trinajstić information content (AvgIpc) is 2.67. The van der Waals surface area contributed by atoms with Crippen LogP contribution in [0.2, 0.25) is 0 Å². The molecule has 0 amide bonds. The zero-order valence-electron chi connectivity index (χ0n) is 15.1. The Hall–Kier alpha value is -1.99. The number of rotatable bonds is 3. The lowest BCUT2D eigenvalue weighted by atomic mass is 9.68. The summed E-state index contributed by atoms with van der Waals surface area (Å²) in [6.45, 7) is 0. The molecule has 2 heterocycles. The maximum Gasteiger partial charge on any atom is 0.242 e. The molecule has 2 aliphatic rings. The summed E-state index contributed by atoms with van der Waals surface area (Å²) >= 11 is 0. The molecule has 1 aliphatic heterocycles. The van der Waals surface area contributed by atoms with Crippen molar-refractivity contribution in [3.05, 3.63) is 48.0 Å². The van der Waals surface area contributed by atoms with Gasteiger partial charge in [-0.15, -0.1) is 0 Å². The summed E-state index contributed by atoms with van der Waals surface area (Å²) in [5.74, 6) is 0.794. The molecule has 1 aromatic carbocycles. The zero-order chi connectivity index (χ0) is 18.3. The van der Waals surface area contributed by atoms with Gasteiger partial charge >= 0.3 is 0 Å². The normalized spacial score (nSPS) is 25.3. The molecule has 2 aromatic rings. The van der Waals surface area contributed by atoms with Crippen LogP contribution >= 0.6 is 0 Å². The highest BCUT2D eigenvalue weighted by Gasteiger charge is 2.39. The summed E-state index contributed by atoms with van der Waals surface area (Å²) in [6, 6.07) is 5.65. The second-order valence-corrected chi connectivity index (χ2v) is 9.54. The van der Waals surface area contributed by atoms with Gasteiger partial charge in [-0.05, 0) is 48.4 Å². The Morgan fingerprint density at radius 2 is 1.85 bits per heavy atom. The van der Waals surface area contributed by atoms with Crippen LogP contribution in [0.4, 0.5) is 5.69 Å². The summed E-state index contributed by atoms with van der Waals surface area (Å²) in [7, 11) is -0.286. The molecule has 1 fully saturated rings. The Labute approximate surface area is 154 Å². The molecule has 4 rings (SSSR count). The van der Waals surface area contributed by atoms with E-state index in [-0.39, 0.29) is 6.04 Å². The van der Waals surface area contributed by atoms with Crippen molar-refractivity contribution < 1.29 is 8.42 Å². The van der Waals surface area contributed by atoms with E-state index < -0.39 is 10.0 Å². The van der Waals surface area contributed by atoms with E-state index >= 15 is 0 Å². The maximum absolute atomic E-state index is 12.6. The second kappa shape index (κ2) is 6.63. The fourth-order valence-electron chi connectivity index (χ4n) is 4.37. The van der Waals surface area contributed by atoms with Crippen LogP contribution in [0.5, 0.6) is 0 Å². The molecule has 138 valence electrons. The van der Waals surface area contributed by atoms with Gasteiger partial charge in [0.05, 0.1) is 10.9 Å². The maximum atomic E-state index is 12.6. The van der Waals surface area contributed by atoms with Crippen LogP contribution in [0.1, 0.15) is 48.8 Å². The predicted molar refractivity (Wildman–Crippen MR) is 100 cm³/mol. The molecular weight excluding hydrogens is 348 g/mol. The van der Waals surface area contributed by atoms with Crippen LogP contribution in [0, 0.1) is 5.92 Å². The fraction of sp³-hybridized carbons (Fsp3) is 0.474. The van der Waals surface area contributed by atoms with Gasteiger partial charge in [-0.2, -0.15) is 0 Å². The zero-order valence-corrected chi connectivity index (χ0v) is 15.9. The Kier molecular flexibility index (Phi) is 4.44. The first-order valence-corrected chi connectivity index (χ1v) is 10.5. The van der Waals surface area contributed by atoms with E-state index in [9.17, 15) is 8.42 Å². The molecule has 0 bridgehead atoms. The van der Waals surface area contributed by atoms with Crippen molar-refractivity contribution in [2.45, 2.75) is 42.5 Å². The third kappa shape index (κ3) is 2.89. The summed E-state index contributed by atoms with van der Waals surface area (Å²) in [6.07, 6.45) is 9.92. The number of fused-ring (bicyclic) bond motifs is 3. The van der Waals surface area contributed by atoms with Gasteiger partial charge in [0.15, 0.2) is 0 Å². The van der Waals surface area contributed by atoms with Crippen molar-refractivity contribution in [1.29, 1.82) is 0 Å². The van der Waals surface area contributed by atoms with Crippen molar-refractivity contribution in [2.24, 2.45) is 5.92 Å². The van der Waals surface area contributed by atoms with Gasteiger partial charge in [0.25, 0.3) is 0 Å². The SMILES string of the molecule is CN(C)S(=O)(=O)c1ccc2c(c1)C1CCCCC1C(c1cncnc1)N2. The topological polar surface area (TPSA) is 75.2 Å². The number of anilines is 1. The highest BCUT2D eigenvalue weighted by molar-refractivity contribution is 7.89. The van der Waals surface area contributed by atoms with E-state index in [1.165, 1.54) is 17.1 Å². The van der Waals surface area contributed by atoms with Gasteiger partial charge in [-0.3, -0.25) is 0 Å². The smallest absolute Gasteiger partial charge is 0.242 e. The van der Waals surface area contributed by atoms with E-state index in [0.717, 1.165) is 29.7 Å². The highest BCUT2D eigenvalue weighted by atomic mass is 32.2. The van der Waals surface area contributed by atoms with Crippen LogP contribution < -0.4 is 5.32 Å². The molecule has 1 saturated carbocycles. The third-order valence-electron chi connectivity index (χ3n) is 5.70. The van der Waals surface area contributed by atoms with Crippen molar-refractivity contribution in [3.8, 4) is 0 Å². The van der Waals surface area contributed by atoms with Crippen molar-refractivity contribution in [1.82, 2.24) is 14.3 Å². The Bertz CT molecular complexity index is 899. The highest BCUT2D eigenvalue weighted by Crippen LogP contribution is 2.51. The van der Waals surface area contributed by atoms with E-state index in [4.69, 9.17) is 0 Å². The first-order valence-electron chi connectivity index (χ1n) is 9.06. The van der Waals surface area contributed by atoms with Crippen molar-refractivity contribution in [2.75, 3.05) is 19.4 Å². The van der Waals surface area contributed by atoms with E-state index in [0.29, 0.717) is 16.7 Å². The second-order valence-electron chi connectivity index (χ2n) is 7.39. The minimum Gasteiger partial charge on any atom is -0.378 e. The largest absolute Gasteiger partial charge is 0.378 e. The number of aromatic nitrogens is 2. The number of benzene rings is 1. The first kappa shape index (κ1) is 17.4. The lowest BCUT2D eigenvalue weighted by molar-refractivity contribution is 0.265. The van der Waals surface area contributed by atoms with Crippen LogP contribution in [0.3, 0.4) is 0 Å². The minimum absolute atomic E-state index is 0.172. The summed E-state index contributed by atoms with van der Waals surface area (Å²) in [5, 5.41) is 3.63. The summed E-state index contributed by atoms with van der Waals surface area (Å²) < 4.78 is 26.4. The Balaban J connectivity index is 1.78. The lowest BCUT2D eigenvalue weighted by Gasteiger charge is -2.43. The number of hydrogen-bond donors (Lipinski definition) is 1. The Morgan fingerprint density at radius 3 is 2.58 bits per heavy atom. The predicted octanol–water partition coefficient (Wildman–Crippen LogP) is 3.17. The molecule has 6 nitrogen and oxygen atoms in total. The molecule has 3 atom stereocenters. The monoisotopic (exact) mass is 372 g/mol. The van der Waals surface area contributed by atoms with Gasteiger partial charge in [0.1, 0.15) is 6.33 Å². The minimum atomic E-state index is -3.43. The van der Waals surface area contributed by atoms with E-state index in [1.807, 2.05) is 24.5 Å². The molecule has 3 unspecified atom stereocenters. The van der Waals surface area contributed by atoms with Gasteiger partial charge in [-0.1, -0.05) is 12.8 Å².